The molecule has 0 bridgehead atoms. The van der Waals surface area contributed by atoms with Crippen molar-refractivity contribution >= 4 is 40.3 Å². The Labute approximate surface area is 206 Å². The van der Waals surface area contributed by atoms with Crippen molar-refractivity contribution in [3.8, 4) is 22.7 Å². The van der Waals surface area contributed by atoms with Crippen molar-refractivity contribution < 1.29 is 18.7 Å². The van der Waals surface area contributed by atoms with Crippen molar-refractivity contribution in [1.29, 1.82) is 0 Å². The Balaban J connectivity index is 1.53. The summed E-state index contributed by atoms with van der Waals surface area (Å²) in [6, 6.07) is 14.3. The van der Waals surface area contributed by atoms with Gasteiger partial charge in [0.2, 0.25) is 0 Å². The molecule has 2 saturated heterocycles. The second-order valence-electron chi connectivity index (χ2n) is 7.99. The summed E-state index contributed by atoms with van der Waals surface area (Å²) in [4.78, 5) is 15.3. The van der Waals surface area contributed by atoms with Gasteiger partial charge in [0.1, 0.15) is 10.0 Å². The van der Waals surface area contributed by atoms with Gasteiger partial charge in [0.25, 0.3) is 5.91 Å². The lowest BCUT2D eigenvalue weighted by Crippen LogP contribution is -2.35. The highest BCUT2D eigenvalue weighted by Crippen LogP contribution is 2.36. The topological polar surface area (TPSA) is 56.6 Å². The molecule has 1 amide bonds. The fourth-order valence-corrected chi connectivity index (χ4v) is 5.30. The van der Waals surface area contributed by atoms with Crippen molar-refractivity contribution in [2.45, 2.75) is 18.9 Å². The Bertz CT molecular complexity index is 1270. The molecule has 6 nitrogen and oxygen atoms in total. The summed E-state index contributed by atoms with van der Waals surface area (Å²) >= 11 is 6.75. The van der Waals surface area contributed by atoms with E-state index in [0.717, 1.165) is 25.1 Å². The number of halogens is 1. The van der Waals surface area contributed by atoms with Crippen LogP contribution in [0.2, 0.25) is 0 Å². The van der Waals surface area contributed by atoms with E-state index in [1.807, 2.05) is 36.5 Å². The highest BCUT2D eigenvalue weighted by Gasteiger charge is 2.35. The SMILES string of the molecule is COc1ccc(-c2nn(-c3ccccc3)cc2/C=C2\SC(=S)N(CC3CCCO3)C2=O)cc1F. The Morgan fingerprint density at radius 2 is 2.12 bits per heavy atom. The molecule has 3 aromatic rings. The molecule has 5 rings (SSSR count). The van der Waals surface area contributed by atoms with E-state index in [1.54, 1.807) is 27.8 Å². The predicted octanol–water partition coefficient (Wildman–Crippen LogP) is 5.07. The summed E-state index contributed by atoms with van der Waals surface area (Å²) in [5.74, 6) is -0.476. The van der Waals surface area contributed by atoms with Crippen LogP contribution in [-0.2, 0) is 9.53 Å². The highest BCUT2D eigenvalue weighted by atomic mass is 32.2. The fourth-order valence-electron chi connectivity index (χ4n) is 4.03. The summed E-state index contributed by atoms with van der Waals surface area (Å²) in [6.45, 7) is 1.18. The normalized spacial score (nSPS) is 19.4. The maximum atomic E-state index is 14.5. The molecular weight excluding hydrogens is 473 g/mol. The third-order valence-corrected chi connectivity index (χ3v) is 7.14. The predicted molar refractivity (Wildman–Crippen MR) is 134 cm³/mol. The summed E-state index contributed by atoms with van der Waals surface area (Å²) in [6.07, 6.45) is 5.54. The van der Waals surface area contributed by atoms with Crippen molar-refractivity contribution in [2.75, 3.05) is 20.3 Å². The van der Waals surface area contributed by atoms with Crippen LogP contribution in [0.15, 0.2) is 59.6 Å². The van der Waals surface area contributed by atoms with Crippen LogP contribution < -0.4 is 4.74 Å². The number of thiocarbonyl (C=S) groups is 1. The molecule has 0 spiro atoms. The third kappa shape index (κ3) is 4.51. The van der Waals surface area contributed by atoms with Crippen molar-refractivity contribution in [3.05, 3.63) is 71.0 Å². The zero-order valence-corrected chi connectivity index (χ0v) is 20.1. The number of nitrogens with zero attached hydrogens (tertiary/aromatic N) is 3. The average Bonchev–Trinajstić information content (AvgIpc) is 3.57. The number of hydrogen-bond acceptors (Lipinski definition) is 6. The molecule has 0 radical (unpaired) electrons. The number of amides is 1. The monoisotopic (exact) mass is 495 g/mol. The molecule has 2 aromatic carbocycles. The fraction of sp³-hybridized carbons (Fsp3) is 0.240. The summed E-state index contributed by atoms with van der Waals surface area (Å²) in [7, 11) is 1.42. The average molecular weight is 496 g/mol. The van der Waals surface area contributed by atoms with Crippen LogP contribution in [0.5, 0.6) is 5.75 Å². The second-order valence-corrected chi connectivity index (χ2v) is 9.67. The zero-order chi connectivity index (χ0) is 23.7. The smallest absolute Gasteiger partial charge is 0.266 e. The maximum absolute atomic E-state index is 14.5. The number of ether oxygens (including phenoxy) is 2. The van der Waals surface area contributed by atoms with Crippen molar-refractivity contribution in [3.63, 3.8) is 0 Å². The van der Waals surface area contributed by atoms with E-state index in [2.05, 4.69) is 0 Å². The lowest BCUT2D eigenvalue weighted by atomic mass is 10.1. The van der Waals surface area contributed by atoms with Gasteiger partial charge in [0.05, 0.1) is 30.4 Å². The number of benzene rings is 2. The molecule has 3 heterocycles. The van der Waals surface area contributed by atoms with E-state index in [4.69, 9.17) is 26.8 Å². The molecule has 0 N–H and O–H groups in total. The van der Waals surface area contributed by atoms with E-state index < -0.39 is 5.82 Å². The number of methoxy groups -OCH3 is 1. The van der Waals surface area contributed by atoms with Crippen LogP contribution in [0.4, 0.5) is 4.39 Å². The van der Waals surface area contributed by atoms with Gasteiger partial charge in [-0.15, -0.1) is 0 Å². The number of hydrogen-bond donors (Lipinski definition) is 0. The molecule has 174 valence electrons. The van der Waals surface area contributed by atoms with Crippen LogP contribution in [0.3, 0.4) is 0 Å². The first-order valence-corrected chi connectivity index (χ1v) is 12.1. The molecule has 0 aliphatic carbocycles. The van der Waals surface area contributed by atoms with Gasteiger partial charge >= 0.3 is 0 Å². The molecular formula is C25H22FN3O3S2. The standard InChI is InChI=1S/C25H22FN3O3S2/c1-31-21-10-9-16(12-20(21)26)23-17(14-29(27-23)18-6-3-2-4-7-18)13-22-24(30)28(25(33)34-22)15-19-8-5-11-32-19/h2-4,6-7,9-10,12-14,19H,5,8,11,15H2,1H3/b22-13-. The van der Waals surface area contributed by atoms with Gasteiger partial charge in [0.15, 0.2) is 11.6 Å². The third-order valence-electron chi connectivity index (χ3n) is 5.76. The van der Waals surface area contributed by atoms with E-state index in [0.29, 0.717) is 32.6 Å². The molecule has 9 heteroatoms. The van der Waals surface area contributed by atoms with Crippen LogP contribution in [-0.4, -0.2) is 51.3 Å². The number of para-hydroxylation sites is 1. The molecule has 2 fully saturated rings. The first-order chi connectivity index (χ1) is 16.5. The highest BCUT2D eigenvalue weighted by molar-refractivity contribution is 8.26. The lowest BCUT2D eigenvalue weighted by molar-refractivity contribution is -0.123. The Hall–Kier alpha value is -3.01. The second kappa shape index (κ2) is 9.69. The Morgan fingerprint density at radius 1 is 1.29 bits per heavy atom. The quantitative estimate of drug-likeness (QED) is 0.352. The minimum absolute atomic E-state index is 0.0144. The molecule has 34 heavy (non-hydrogen) atoms. The van der Waals surface area contributed by atoms with E-state index >= 15 is 0 Å². The molecule has 0 saturated carbocycles. The van der Waals surface area contributed by atoms with Crippen LogP contribution in [0, 0.1) is 5.82 Å². The minimum atomic E-state index is -0.483. The van der Waals surface area contributed by atoms with E-state index in [-0.39, 0.29) is 17.8 Å². The van der Waals surface area contributed by atoms with Gasteiger partial charge in [-0.05, 0) is 49.2 Å². The number of carbonyl (C=O) groups is 1. The number of aromatic nitrogens is 2. The van der Waals surface area contributed by atoms with Gasteiger partial charge < -0.3 is 9.47 Å². The van der Waals surface area contributed by atoms with Crippen LogP contribution >= 0.6 is 24.0 Å². The van der Waals surface area contributed by atoms with Gasteiger partial charge in [-0.1, -0.05) is 42.2 Å². The van der Waals surface area contributed by atoms with Crippen LogP contribution in [0.25, 0.3) is 23.0 Å². The van der Waals surface area contributed by atoms with Gasteiger partial charge in [-0.25, -0.2) is 9.07 Å². The van der Waals surface area contributed by atoms with E-state index in [1.165, 1.54) is 24.9 Å². The maximum Gasteiger partial charge on any atom is 0.266 e. The number of thioether (sulfide) groups is 1. The zero-order valence-electron chi connectivity index (χ0n) is 18.4. The van der Waals surface area contributed by atoms with Crippen molar-refractivity contribution in [1.82, 2.24) is 14.7 Å². The molecule has 1 atom stereocenters. The van der Waals surface area contributed by atoms with E-state index in [9.17, 15) is 9.18 Å². The minimum Gasteiger partial charge on any atom is -0.494 e. The molecule has 1 aromatic heterocycles. The van der Waals surface area contributed by atoms with Crippen molar-refractivity contribution in [2.24, 2.45) is 0 Å². The Kier molecular flexibility index (Phi) is 6.49. The van der Waals surface area contributed by atoms with Crippen LogP contribution in [0.1, 0.15) is 18.4 Å². The summed E-state index contributed by atoms with van der Waals surface area (Å²) < 4.78 is 27.5. The Morgan fingerprint density at radius 3 is 2.82 bits per heavy atom. The first-order valence-electron chi connectivity index (χ1n) is 10.9. The lowest BCUT2D eigenvalue weighted by Gasteiger charge is -2.18. The van der Waals surface area contributed by atoms with Gasteiger partial charge in [-0.3, -0.25) is 9.69 Å². The molecule has 2 aliphatic rings. The summed E-state index contributed by atoms with van der Waals surface area (Å²) in [5, 5.41) is 4.71. The van der Waals surface area contributed by atoms with Gasteiger partial charge in [-0.2, -0.15) is 5.10 Å². The molecule has 1 unspecified atom stereocenters. The molecule has 2 aliphatic heterocycles. The first kappa shape index (κ1) is 22.8. The largest absolute Gasteiger partial charge is 0.494 e. The summed E-state index contributed by atoms with van der Waals surface area (Å²) in [5.41, 5.74) is 2.67. The number of carbonyl (C=O) groups excluding carboxylic acids is 1. The van der Waals surface area contributed by atoms with Gasteiger partial charge in [0, 0.05) is 23.9 Å². The number of rotatable bonds is 6.